The van der Waals surface area contributed by atoms with Crippen molar-refractivity contribution in [2.75, 3.05) is 35.6 Å². The molecule has 2 aromatic heterocycles. The summed E-state index contributed by atoms with van der Waals surface area (Å²) in [7, 11) is 0. The number of anilines is 3. The maximum Gasteiger partial charge on any atom is 0.573 e. The average Bonchev–Trinajstić information content (AvgIpc) is 4.11. The van der Waals surface area contributed by atoms with Crippen LogP contribution in [0.3, 0.4) is 0 Å². The van der Waals surface area contributed by atoms with Crippen LogP contribution in [0.5, 0.6) is 5.75 Å². The minimum absolute atomic E-state index is 0.103. The number of halogens is 6. The predicted octanol–water partition coefficient (Wildman–Crippen LogP) is 9.30. The van der Waals surface area contributed by atoms with Gasteiger partial charge < -0.3 is 35.9 Å². The van der Waals surface area contributed by atoms with E-state index in [0.29, 0.717) is 96.8 Å². The Balaban J connectivity index is 0.741. The minimum Gasteiger partial charge on any atom is -0.406 e. The zero-order chi connectivity index (χ0) is 51.9. The van der Waals surface area contributed by atoms with E-state index in [-0.39, 0.29) is 59.4 Å². The lowest BCUT2D eigenvalue weighted by Crippen LogP contribution is -2.60. The van der Waals surface area contributed by atoms with Crippen molar-refractivity contribution in [1.82, 2.24) is 30.5 Å². The second-order valence-electron chi connectivity index (χ2n) is 19.5. The highest BCUT2D eigenvalue weighted by atomic mass is 35.5. The summed E-state index contributed by atoms with van der Waals surface area (Å²) < 4.78 is 60.6. The molecule has 5 heterocycles. The van der Waals surface area contributed by atoms with Crippen molar-refractivity contribution >= 4 is 75.1 Å². The van der Waals surface area contributed by atoms with Gasteiger partial charge in [0.25, 0.3) is 0 Å². The Morgan fingerprint density at radius 3 is 2.53 bits per heavy atom. The first-order valence-corrected chi connectivity index (χ1v) is 25.6. The Hall–Kier alpha value is -6.76. The molecule has 74 heavy (non-hydrogen) atoms. The summed E-state index contributed by atoms with van der Waals surface area (Å²) in [6, 6.07) is 20.1. The molecule has 10 rings (SSSR count). The van der Waals surface area contributed by atoms with Gasteiger partial charge in [-0.1, -0.05) is 78.9 Å². The summed E-state index contributed by atoms with van der Waals surface area (Å²) in [6.45, 7) is 1.55. The van der Waals surface area contributed by atoms with Gasteiger partial charge in [-0.25, -0.2) is 14.4 Å². The number of alkyl halides is 3. The molecular formula is C54H53Cl2F4N9O5. The van der Waals surface area contributed by atoms with E-state index in [1.807, 2.05) is 35.0 Å². The molecule has 6 aromatic rings. The summed E-state index contributed by atoms with van der Waals surface area (Å²) in [5.74, 6) is -2.79. The molecule has 2 fully saturated rings. The molecule has 386 valence electrons. The van der Waals surface area contributed by atoms with Gasteiger partial charge in [0, 0.05) is 72.2 Å². The number of ether oxygens (including phenoxy) is 1. The summed E-state index contributed by atoms with van der Waals surface area (Å²) in [6.07, 6.45) is 4.58. The van der Waals surface area contributed by atoms with E-state index < -0.39 is 35.1 Å². The van der Waals surface area contributed by atoms with Crippen molar-refractivity contribution in [3.05, 3.63) is 130 Å². The maximum atomic E-state index is 16.2. The van der Waals surface area contributed by atoms with E-state index in [4.69, 9.17) is 28.9 Å². The van der Waals surface area contributed by atoms with Gasteiger partial charge in [0.2, 0.25) is 23.6 Å². The van der Waals surface area contributed by atoms with Gasteiger partial charge >= 0.3 is 6.36 Å². The summed E-state index contributed by atoms with van der Waals surface area (Å²) >= 11 is 12.8. The number of hydrogen-bond donors (Lipinski definition) is 5. The standard InChI is InChI=1S/C54H53Cl2F4N9O5/c55-34-15-16-38-40(28-34)66-51(73)53(38)45(36-11-7-12-39(56)46(36)57)47(67-52(53)19-3-1-4-20-52)50(72)63-21-5-2-13-42(70)62-22-8-23-68-29-37(44-48(61)64-30-65-49(44)68)32-14-17-41-33(27-32)18-24-69(41)43(71)26-31-9-6-10-35(25-31)74-54(58,59)60/h6-7,9-12,14-17,25,27-30,45,47,67H,1-5,8,13,18-24,26H2,(H,62,70)(H,63,72)(H,66,73)(H2,61,64,65)/t45-,47+,53+/m0/s1. The highest BCUT2D eigenvalue weighted by Crippen LogP contribution is 2.63. The van der Waals surface area contributed by atoms with E-state index in [0.717, 1.165) is 41.6 Å². The van der Waals surface area contributed by atoms with Gasteiger partial charge in [-0.15, -0.1) is 13.2 Å². The number of nitrogens with two attached hydrogens (primary N) is 1. The number of carbonyl (C=O) groups excluding carboxylic acids is 4. The number of hydrogen-bond acceptors (Lipinski definition) is 9. The van der Waals surface area contributed by atoms with Crippen LogP contribution >= 0.6 is 23.2 Å². The van der Waals surface area contributed by atoms with Crippen LogP contribution in [-0.2, 0) is 44.0 Å². The van der Waals surface area contributed by atoms with E-state index in [1.54, 1.807) is 35.2 Å². The van der Waals surface area contributed by atoms with Gasteiger partial charge in [0.1, 0.15) is 34.8 Å². The van der Waals surface area contributed by atoms with Gasteiger partial charge in [-0.2, -0.15) is 0 Å². The van der Waals surface area contributed by atoms with E-state index in [9.17, 15) is 32.3 Å². The fourth-order valence-electron chi connectivity index (χ4n) is 12.0. The largest absolute Gasteiger partial charge is 0.573 e. The van der Waals surface area contributed by atoms with E-state index in [2.05, 4.69) is 36.0 Å². The van der Waals surface area contributed by atoms with Gasteiger partial charge in [0.15, 0.2) is 0 Å². The molecule has 4 aromatic carbocycles. The number of nitrogen functional groups attached to an aromatic ring is 1. The number of nitrogens with one attached hydrogen (secondary N) is 4. The topological polar surface area (TPSA) is 186 Å². The zero-order valence-corrected chi connectivity index (χ0v) is 41.6. The molecule has 3 atom stereocenters. The Kier molecular flexibility index (Phi) is 14.1. The quantitative estimate of drug-likeness (QED) is 0.0494. The van der Waals surface area contributed by atoms with Crippen LogP contribution in [0.2, 0.25) is 10.0 Å². The van der Waals surface area contributed by atoms with Crippen LogP contribution in [0.15, 0.2) is 91.4 Å². The molecule has 4 aliphatic rings. The van der Waals surface area contributed by atoms with Crippen molar-refractivity contribution in [2.45, 2.75) is 106 Å². The molecule has 0 radical (unpaired) electrons. The molecule has 0 unspecified atom stereocenters. The van der Waals surface area contributed by atoms with Crippen molar-refractivity contribution in [1.29, 1.82) is 0 Å². The summed E-state index contributed by atoms with van der Waals surface area (Å²) in [5, 5.41) is 13.7. The lowest BCUT2D eigenvalue weighted by Gasteiger charge is -2.47. The monoisotopic (exact) mass is 1050 g/mol. The zero-order valence-electron chi connectivity index (χ0n) is 40.1. The number of unbranched alkanes of at least 4 members (excludes halogenated alkanes) is 1. The lowest BCUT2D eigenvalue weighted by atomic mass is 9.55. The normalized spacial score (nSPS) is 19.7. The Labute approximate surface area is 433 Å². The van der Waals surface area contributed by atoms with Crippen molar-refractivity contribution in [3.8, 4) is 16.9 Å². The summed E-state index contributed by atoms with van der Waals surface area (Å²) in [5.41, 5.74) is 9.93. The first kappa shape index (κ1) is 50.8. The van der Waals surface area contributed by atoms with Crippen LogP contribution in [-0.4, -0.2) is 75.7 Å². The second kappa shape index (κ2) is 20.5. The molecule has 1 saturated carbocycles. The van der Waals surface area contributed by atoms with E-state index >= 15 is 4.39 Å². The molecule has 4 amide bonds. The van der Waals surface area contributed by atoms with Crippen molar-refractivity contribution in [3.63, 3.8) is 0 Å². The number of aryl methyl sites for hydroxylation is 1. The highest BCUT2D eigenvalue weighted by Gasteiger charge is 2.72. The summed E-state index contributed by atoms with van der Waals surface area (Å²) in [4.78, 5) is 65.8. The molecule has 0 bridgehead atoms. The molecule has 6 N–H and O–H groups in total. The number of aromatic nitrogens is 3. The van der Waals surface area contributed by atoms with Crippen LogP contribution in [0.1, 0.15) is 86.0 Å². The fraction of sp³-hybridized carbons (Fsp3) is 0.370. The average molecular weight is 1050 g/mol. The third kappa shape index (κ3) is 9.51. The number of fused-ring (bicyclic) bond motifs is 5. The first-order valence-electron chi connectivity index (χ1n) is 24.8. The minimum atomic E-state index is -4.84. The Bertz CT molecular complexity index is 3180. The van der Waals surface area contributed by atoms with E-state index in [1.165, 1.54) is 30.6 Å². The molecular weight excluding hydrogens is 1000 g/mol. The number of rotatable bonds is 15. The van der Waals surface area contributed by atoms with Crippen LogP contribution < -0.4 is 36.6 Å². The predicted molar refractivity (Wildman–Crippen MR) is 273 cm³/mol. The number of nitrogens with zero attached hydrogens (tertiary/aromatic N) is 4. The molecule has 1 aliphatic carbocycles. The van der Waals surface area contributed by atoms with Crippen molar-refractivity contribution < 1.29 is 41.5 Å². The second-order valence-corrected chi connectivity index (χ2v) is 20.3. The number of amides is 4. The van der Waals surface area contributed by atoms with Gasteiger partial charge in [-0.05, 0) is 109 Å². The first-order chi connectivity index (χ1) is 35.6. The Morgan fingerprint density at radius 1 is 0.919 bits per heavy atom. The van der Waals surface area contributed by atoms with Crippen LogP contribution in [0, 0.1) is 5.82 Å². The van der Waals surface area contributed by atoms with Crippen molar-refractivity contribution in [2.24, 2.45) is 0 Å². The highest BCUT2D eigenvalue weighted by molar-refractivity contribution is 6.31. The number of benzene rings is 4. The SMILES string of the molecule is Nc1ncnc2c1c(-c1ccc3c(c1)CCN3C(=O)Cc1cccc(OC(F)(F)F)c1)cn2CCCNC(=O)CCCCNC(=O)[C@@H]1NC2(CCCCC2)[C@@]2(C(=O)Nc3cc(Cl)ccc32)[C@H]1c1cccc(Cl)c1F. The third-order valence-electron chi connectivity index (χ3n) is 15.1. The Morgan fingerprint density at radius 2 is 1.72 bits per heavy atom. The molecule has 3 aliphatic heterocycles. The molecule has 20 heteroatoms. The number of carbonyl (C=O) groups is 4. The third-order valence-corrected chi connectivity index (χ3v) is 15.6. The van der Waals surface area contributed by atoms with Crippen LogP contribution in [0.4, 0.5) is 34.8 Å². The van der Waals surface area contributed by atoms with Gasteiger partial charge in [-0.3, -0.25) is 24.5 Å². The van der Waals surface area contributed by atoms with Gasteiger partial charge in [0.05, 0.1) is 22.9 Å². The lowest BCUT2D eigenvalue weighted by molar-refractivity contribution is -0.274. The smallest absolute Gasteiger partial charge is 0.406 e. The molecule has 14 nitrogen and oxygen atoms in total. The fourth-order valence-corrected chi connectivity index (χ4v) is 12.4. The molecule has 2 spiro atoms. The van der Waals surface area contributed by atoms with Crippen LogP contribution in [0.25, 0.3) is 22.2 Å². The maximum absolute atomic E-state index is 16.2. The molecule has 1 saturated heterocycles.